The number of benzene rings is 3. The zero-order valence-electron chi connectivity index (χ0n) is 41.3. The SMILES string of the molecule is COCCOCCN1CC2C3=C4C5=C6C7C(C=C8CC9CC%10CC%11CC%12CC(C3)C3C4C4C5C5C7C8C7C9C%10C8C%11C(C%123)C4C8C57)CC62C1CCc1ccc(N(c2ccccc2)c2ccccc2)cc1. The molecule has 16 aliphatic carbocycles. The first-order valence-corrected chi connectivity index (χ1v) is 29.7. The van der Waals surface area contributed by atoms with E-state index in [1.165, 1.54) is 54.9 Å². The van der Waals surface area contributed by atoms with E-state index < -0.39 is 0 Å². The van der Waals surface area contributed by atoms with E-state index in [-0.39, 0.29) is 0 Å². The highest BCUT2D eigenvalue weighted by molar-refractivity contribution is 5.76. The molecule has 27 unspecified atom stereocenters. The van der Waals surface area contributed by atoms with Gasteiger partial charge in [-0.3, -0.25) is 4.90 Å². The van der Waals surface area contributed by atoms with Gasteiger partial charge in [0.25, 0.3) is 0 Å². The van der Waals surface area contributed by atoms with E-state index in [4.69, 9.17) is 9.47 Å². The lowest BCUT2D eigenvalue weighted by atomic mass is 9.43. The van der Waals surface area contributed by atoms with Crippen LogP contribution in [0, 0.1) is 153 Å². The number of anilines is 3. The number of likely N-dealkylation sites (tertiary alicyclic amines) is 1. The Morgan fingerprint density at radius 1 is 0.557 bits per heavy atom. The molecule has 358 valence electrons. The Balaban J connectivity index is 0.754. The quantitative estimate of drug-likeness (QED) is 0.133. The average Bonchev–Trinajstić information content (AvgIpc) is 4.34. The van der Waals surface area contributed by atoms with Crippen LogP contribution < -0.4 is 4.90 Å². The van der Waals surface area contributed by atoms with Crippen molar-refractivity contribution in [1.29, 1.82) is 0 Å². The fraction of sp³-hybridized carbons (Fsp3) is 0.636. The second kappa shape index (κ2) is 13.1. The van der Waals surface area contributed by atoms with Gasteiger partial charge < -0.3 is 14.4 Å². The van der Waals surface area contributed by atoms with Crippen LogP contribution in [0.2, 0.25) is 0 Å². The molecule has 3 aromatic rings. The van der Waals surface area contributed by atoms with Crippen LogP contribution in [-0.4, -0.2) is 51.0 Å². The van der Waals surface area contributed by atoms with Gasteiger partial charge in [0.15, 0.2) is 0 Å². The average molecular weight is 925 g/mol. The van der Waals surface area contributed by atoms with Crippen LogP contribution in [0.15, 0.2) is 119 Å². The summed E-state index contributed by atoms with van der Waals surface area (Å²) in [6, 6.07) is 32.4. The van der Waals surface area contributed by atoms with Gasteiger partial charge in [-0.15, -0.1) is 0 Å². The summed E-state index contributed by atoms with van der Waals surface area (Å²) in [7, 11) is 1.82. The number of nitrogens with zero attached hydrogens (tertiary/aromatic N) is 2. The predicted molar refractivity (Wildman–Crippen MR) is 272 cm³/mol. The molecule has 0 amide bonds. The number of fused-ring (bicyclic) bond motifs is 1. The van der Waals surface area contributed by atoms with Gasteiger partial charge in [-0.1, -0.05) is 71.3 Å². The largest absolute Gasteiger partial charge is 0.382 e. The van der Waals surface area contributed by atoms with Crippen molar-refractivity contribution >= 4 is 17.1 Å². The number of methoxy groups -OCH3 is 1. The molecular weight excluding hydrogens is 853 g/mol. The third kappa shape index (κ3) is 4.19. The number of rotatable bonds is 12. The summed E-state index contributed by atoms with van der Waals surface area (Å²) in [6.07, 6.45) is 16.7. The fourth-order valence-corrected chi connectivity index (χ4v) is 27.6. The van der Waals surface area contributed by atoms with Gasteiger partial charge in [-0.25, -0.2) is 0 Å². The molecule has 1 saturated heterocycles. The van der Waals surface area contributed by atoms with Gasteiger partial charge in [-0.2, -0.15) is 0 Å². The number of hydrogen-bond donors (Lipinski definition) is 0. The molecule has 0 N–H and O–H groups in total. The monoisotopic (exact) mass is 925 g/mol. The van der Waals surface area contributed by atoms with Crippen LogP contribution in [0.1, 0.15) is 56.9 Å². The molecule has 1 heterocycles. The summed E-state index contributed by atoms with van der Waals surface area (Å²) >= 11 is 0. The molecule has 12 saturated carbocycles. The number of para-hydroxylation sites is 2. The molecule has 0 bridgehead atoms. The molecule has 70 heavy (non-hydrogen) atoms. The van der Waals surface area contributed by atoms with Crippen molar-refractivity contribution in [3.05, 3.63) is 124 Å². The van der Waals surface area contributed by atoms with Crippen LogP contribution in [0.25, 0.3) is 0 Å². The normalized spacial score (nSPS) is 53.5. The van der Waals surface area contributed by atoms with Crippen LogP contribution in [-0.2, 0) is 15.9 Å². The van der Waals surface area contributed by atoms with Gasteiger partial charge in [0.05, 0.1) is 19.8 Å². The third-order valence-corrected chi connectivity index (χ3v) is 27.4. The first-order valence-electron chi connectivity index (χ1n) is 29.7. The van der Waals surface area contributed by atoms with Crippen LogP contribution in [0.4, 0.5) is 17.1 Å². The van der Waals surface area contributed by atoms with Crippen molar-refractivity contribution in [3.63, 3.8) is 0 Å². The predicted octanol–water partition coefficient (Wildman–Crippen LogP) is 12.3. The summed E-state index contributed by atoms with van der Waals surface area (Å²) < 4.78 is 12.0. The van der Waals surface area contributed by atoms with E-state index in [1.807, 2.05) is 7.11 Å². The molecule has 13 fully saturated rings. The summed E-state index contributed by atoms with van der Waals surface area (Å²) in [4.78, 5) is 5.54. The number of hydrogen-bond acceptors (Lipinski definition) is 4. The van der Waals surface area contributed by atoms with Crippen molar-refractivity contribution in [2.24, 2.45) is 153 Å². The summed E-state index contributed by atoms with van der Waals surface area (Å²) in [5.41, 5.74) is 16.2. The van der Waals surface area contributed by atoms with Crippen LogP contribution in [0.5, 0.6) is 0 Å². The highest BCUT2D eigenvalue weighted by Crippen LogP contribution is 2.92. The van der Waals surface area contributed by atoms with E-state index in [1.54, 1.807) is 25.7 Å². The summed E-state index contributed by atoms with van der Waals surface area (Å²) in [5, 5.41) is 0. The smallest absolute Gasteiger partial charge is 0.0700 e. The Kier molecular flexibility index (Phi) is 7.30. The summed E-state index contributed by atoms with van der Waals surface area (Å²) in [6.45, 7) is 4.59. The van der Waals surface area contributed by atoms with E-state index in [9.17, 15) is 0 Å². The second-order valence-corrected chi connectivity index (χ2v) is 28.1. The van der Waals surface area contributed by atoms with Crippen molar-refractivity contribution in [1.82, 2.24) is 4.90 Å². The summed E-state index contributed by atoms with van der Waals surface area (Å²) in [5.74, 6) is 25.7. The molecule has 17 aliphatic rings. The molecule has 3 aromatic carbocycles. The lowest BCUT2D eigenvalue weighted by Gasteiger charge is -2.60. The van der Waals surface area contributed by atoms with Crippen molar-refractivity contribution in [2.75, 3.05) is 44.9 Å². The van der Waals surface area contributed by atoms with Crippen LogP contribution in [0.3, 0.4) is 0 Å². The minimum atomic E-state index is 0.294. The molecule has 4 nitrogen and oxygen atoms in total. The maximum atomic E-state index is 6.48. The first kappa shape index (κ1) is 39.1. The van der Waals surface area contributed by atoms with E-state index >= 15 is 0 Å². The molecule has 0 aromatic heterocycles. The van der Waals surface area contributed by atoms with E-state index in [2.05, 4.69) is 129 Å². The molecule has 1 spiro atoms. The number of allylic oxidation sites excluding steroid dienone is 4. The molecule has 0 radical (unpaired) electrons. The Labute approximate surface area is 416 Å². The van der Waals surface area contributed by atoms with E-state index in [0.29, 0.717) is 24.7 Å². The topological polar surface area (TPSA) is 24.9 Å². The number of ether oxygens (including phenoxy) is 2. The van der Waals surface area contributed by atoms with Gasteiger partial charge in [0.1, 0.15) is 0 Å². The van der Waals surface area contributed by atoms with E-state index in [0.717, 1.165) is 168 Å². The minimum absolute atomic E-state index is 0.294. The second-order valence-electron chi connectivity index (χ2n) is 28.1. The highest BCUT2D eigenvalue weighted by atomic mass is 16.5. The van der Waals surface area contributed by atoms with Gasteiger partial charge in [0, 0.05) is 54.6 Å². The maximum Gasteiger partial charge on any atom is 0.0700 e. The van der Waals surface area contributed by atoms with Gasteiger partial charge >= 0.3 is 0 Å². The lowest BCUT2D eigenvalue weighted by Crippen LogP contribution is -2.57. The Hall–Kier alpha value is -3.44. The van der Waals surface area contributed by atoms with Gasteiger partial charge in [-0.05, 0) is 253 Å². The minimum Gasteiger partial charge on any atom is -0.382 e. The van der Waals surface area contributed by atoms with Gasteiger partial charge in [0.2, 0.25) is 0 Å². The molecule has 1 aliphatic heterocycles. The maximum absolute atomic E-state index is 6.48. The first-order chi connectivity index (χ1) is 34.7. The number of aryl methyl sites for hydroxylation is 1. The zero-order valence-corrected chi connectivity index (χ0v) is 41.3. The molecule has 27 atom stereocenters. The fourth-order valence-electron chi connectivity index (χ4n) is 27.6. The molecule has 4 heteroatoms. The Morgan fingerprint density at radius 3 is 1.91 bits per heavy atom. The molecular formula is C66H72N2O2. The van der Waals surface area contributed by atoms with Crippen molar-refractivity contribution in [2.45, 2.75) is 63.8 Å². The van der Waals surface area contributed by atoms with Crippen molar-refractivity contribution in [3.8, 4) is 0 Å². The molecule has 20 rings (SSSR count). The Morgan fingerprint density at radius 2 is 1.16 bits per heavy atom. The van der Waals surface area contributed by atoms with Crippen LogP contribution >= 0.6 is 0 Å². The zero-order chi connectivity index (χ0) is 44.8. The van der Waals surface area contributed by atoms with Crippen molar-refractivity contribution < 1.29 is 9.47 Å². The lowest BCUT2D eigenvalue weighted by molar-refractivity contribution is -0.129. The highest BCUT2D eigenvalue weighted by Gasteiger charge is 2.87. The standard InChI is InChI=1S/C66H72N2O2/c1-69-20-21-70-19-18-67-30-43-42-28-37-26-34-24-35-23-32-22-33-25-36-27-38-29-66(43,44(67)17-14-31-12-15-41(16-13-31)68(39-8-4-2-5-9-39)40-10-6-3-7-11-40)65-51(38)56-50(36)55-46(33)45(32)53-49(35)54-47(34)48(37)57-52(42)64(65)63-61(56)59(55)58(53)60(54)62(57)63/h2-13,15-16,27,32-35,37-38,43-51,53-63H,14,17-26,28-30H2,1H3. The third-order valence-electron chi connectivity index (χ3n) is 27.4. The Bertz CT molecular complexity index is 2850.